The summed E-state index contributed by atoms with van der Waals surface area (Å²) in [5.74, 6) is 0.458. The molecule has 0 amide bonds. The molecule has 1 N–H and O–H groups in total. The van der Waals surface area contributed by atoms with Gasteiger partial charge in [0.15, 0.2) is 11.5 Å². The van der Waals surface area contributed by atoms with Crippen LogP contribution in [0.4, 0.5) is 5.69 Å². The number of rotatable bonds is 6. The molecular formula is C18H13BrCl2NO3P. The van der Waals surface area contributed by atoms with Crippen molar-refractivity contribution >= 4 is 52.6 Å². The third-order valence-electron chi connectivity index (χ3n) is 3.20. The molecule has 26 heavy (non-hydrogen) atoms. The molecule has 0 unspecified atom stereocenters. The molecule has 0 bridgehead atoms. The third kappa shape index (κ3) is 4.95. The fraction of sp³-hybridized carbons (Fsp3) is 0. The number of nitrogens with one attached hydrogen (secondary N) is 1. The monoisotopic (exact) mass is 471 g/mol. The van der Waals surface area contributed by atoms with Crippen LogP contribution in [0.15, 0.2) is 77.3 Å². The van der Waals surface area contributed by atoms with Crippen molar-refractivity contribution in [1.29, 1.82) is 0 Å². The van der Waals surface area contributed by atoms with Gasteiger partial charge in [0, 0.05) is 10.2 Å². The second-order valence-electron chi connectivity index (χ2n) is 5.16. The van der Waals surface area contributed by atoms with Gasteiger partial charge in [-0.15, -0.1) is 0 Å². The van der Waals surface area contributed by atoms with Crippen LogP contribution in [0, 0.1) is 0 Å². The van der Waals surface area contributed by atoms with Gasteiger partial charge in [-0.3, -0.25) is 5.09 Å². The highest BCUT2D eigenvalue weighted by Crippen LogP contribution is 2.51. The molecular weight excluding hydrogens is 460 g/mol. The maximum absolute atomic E-state index is 13.4. The summed E-state index contributed by atoms with van der Waals surface area (Å²) in [6.45, 7) is 0. The van der Waals surface area contributed by atoms with E-state index in [9.17, 15) is 4.57 Å². The van der Waals surface area contributed by atoms with Crippen molar-refractivity contribution in [3.63, 3.8) is 0 Å². The Kier molecular flexibility index (Phi) is 6.15. The summed E-state index contributed by atoms with van der Waals surface area (Å²) in [7, 11) is -3.90. The average molecular weight is 473 g/mol. The van der Waals surface area contributed by atoms with Gasteiger partial charge < -0.3 is 9.05 Å². The molecule has 0 aromatic heterocycles. The number of benzene rings is 3. The molecule has 0 saturated heterocycles. The summed E-state index contributed by atoms with van der Waals surface area (Å²) in [5.41, 5.74) is 0.543. The zero-order chi connectivity index (χ0) is 18.6. The van der Waals surface area contributed by atoms with Crippen molar-refractivity contribution < 1.29 is 13.6 Å². The van der Waals surface area contributed by atoms with E-state index >= 15 is 0 Å². The first-order valence-corrected chi connectivity index (χ1v) is 10.6. The van der Waals surface area contributed by atoms with E-state index in [0.717, 1.165) is 4.47 Å². The topological polar surface area (TPSA) is 47.6 Å². The molecule has 0 aliphatic heterocycles. The first-order chi connectivity index (χ1) is 12.5. The van der Waals surface area contributed by atoms with E-state index in [1.54, 1.807) is 66.7 Å². The second kappa shape index (κ2) is 8.36. The molecule has 0 fully saturated rings. The summed E-state index contributed by atoms with van der Waals surface area (Å²) in [5, 5.41) is 3.43. The Bertz CT molecular complexity index is 919. The highest BCUT2D eigenvalue weighted by Gasteiger charge is 2.30. The fourth-order valence-electron chi connectivity index (χ4n) is 2.08. The lowest BCUT2D eigenvalue weighted by atomic mass is 10.3. The number of hydrogen-bond acceptors (Lipinski definition) is 3. The second-order valence-corrected chi connectivity index (χ2v) is 8.48. The molecule has 3 rings (SSSR count). The Hall–Kier alpha value is -1.65. The van der Waals surface area contributed by atoms with Gasteiger partial charge in [0.25, 0.3) is 0 Å². The Morgan fingerprint density at radius 3 is 1.85 bits per heavy atom. The van der Waals surface area contributed by atoms with Gasteiger partial charge in [-0.05, 0) is 42.5 Å². The molecule has 0 spiro atoms. The fourth-order valence-corrected chi connectivity index (χ4v) is 4.35. The lowest BCUT2D eigenvalue weighted by Crippen LogP contribution is -2.10. The van der Waals surface area contributed by atoms with Crippen LogP contribution in [0.3, 0.4) is 0 Å². The van der Waals surface area contributed by atoms with Crippen molar-refractivity contribution in [3.8, 4) is 11.5 Å². The zero-order valence-corrected chi connectivity index (χ0v) is 17.2. The first-order valence-electron chi connectivity index (χ1n) is 7.47. The molecule has 0 atom stereocenters. The normalized spacial score (nSPS) is 11.0. The minimum absolute atomic E-state index is 0.229. The van der Waals surface area contributed by atoms with Crippen LogP contribution in [0.25, 0.3) is 0 Å². The van der Waals surface area contributed by atoms with E-state index < -0.39 is 7.75 Å². The van der Waals surface area contributed by atoms with Crippen LogP contribution in [-0.4, -0.2) is 0 Å². The van der Waals surface area contributed by atoms with Crippen molar-refractivity contribution in [2.45, 2.75) is 0 Å². The standard InChI is InChI=1S/C18H13BrCl2NO3P/c19-13-6-5-7-14(12-13)22-26(23,24-17-10-3-1-8-15(17)20)25-18-11-4-2-9-16(18)21/h1-12H,(H,22,23). The predicted octanol–water partition coefficient (Wildman–Crippen LogP) is 7.43. The molecule has 3 aromatic rings. The molecule has 134 valence electrons. The van der Waals surface area contributed by atoms with E-state index in [2.05, 4.69) is 21.0 Å². The van der Waals surface area contributed by atoms with Gasteiger partial charge in [-0.25, -0.2) is 4.57 Å². The van der Waals surface area contributed by atoms with Gasteiger partial charge >= 0.3 is 7.75 Å². The molecule has 0 heterocycles. The minimum Gasteiger partial charge on any atom is -0.399 e. The van der Waals surface area contributed by atoms with Crippen molar-refractivity contribution in [2.24, 2.45) is 0 Å². The van der Waals surface area contributed by atoms with Crippen molar-refractivity contribution in [3.05, 3.63) is 87.3 Å². The molecule has 3 aromatic carbocycles. The maximum Gasteiger partial charge on any atom is 0.541 e. The average Bonchev–Trinajstić information content (AvgIpc) is 2.59. The first kappa shape index (κ1) is 19.1. The highest BCUT2D eigenvalue weighted by molar-refractivity contribution is 9.10. The largest absolute Gasteiger partial charge is 0.541 e. The number of anilines is 1. The molecule has 0 radical (unpaired) electrons. The molecule has 4 nitrogen and oxygen atoms in total. The lowest BCUT2D eigenvalue weighted by molar-refractivity contribution is 0.393. The van der Waals surface area contributed by atoms with Crippen LogP contribution in [-0.2, 0) is 4.57 Å². The van der Waals surface area contributed by atoms with Crippen molar-refractivity contribution in [2.75, 3.05) is 5.09 Å². The Labute approximate surface area is 169 Å². The van der Waals surface area contributed by atoms with E-state index in [-0.39, 0.29) is 11.5 Å². The smallest absolute Gasteiger partial charge is 0.399 e. The Balaban J connectivity index is 1.96. The summed E-state index contributed by atoms with van der Waals surface area (Å²) < 4.78 is 25.6. The highest BCUT2D eigenvalue weighted by atomic mass is 79.9. The van der Waals surface area contributed by atoms with E-state index in [1.165, 1.54) is 0 Å². The third-order valence-corrected chi connectivity index (χ3v) is 5.72. The van der Waals surface area contributed by atoms with Crippen LogP contribution < -0.4 is 14.1 Å². The van der Waals surface area contributed by atoms with Gasteiger partial charge in [0.05, 0.1) is 10.0 Å². The van der Waals surface area contributed by atoms with Gasteiger partial charge in [0.1, 0.15) is 0 Å². The lowest BCUT2D eigenvalue weighted by Gasteiger charge is -2.22. The van der Waals surface area contributed by atoms with Crippen LogP contribution >= 0.6 is 46.9 Å². The van der Waals surface area contributed by atoms with E-state index in [4.69, 9.17) is 32.2 Å². The van der Waals surface area contributed by atoms with Crippen LogP contribution in [0.2, 0.25) is 10.0 Å². The molecule has 0 aliphatic rings. The van der Waals surface area contributed by atoms with Crippen LogP contribution in [0.1, 0.15) is 0 Å². The number of hydrogen-bond donors (Lipinski definition) is 1. The summed E-state index contributed by atoms with van der Waals surface area (Å²) in [4.78, 5) is 0. The van der Waals surface area contributed by atoms with Gasteiger partial charge in [0.2, 0.25) is 0 Å². The SMILES string of the molecule is O=P(Nc1cccc(Br)c1)(Oc1ccccc1Cl)Oc1ccccc1Cl. The number of halogens is 3. The van der Waals surface area contributed by atoms with Crippen molar-refractivity contribution in [1.82, 2.24) is 0 Å². The summed E-state index contributed by atoms with van der Waals surface area (Å²) in [6.07, 6.45) is 0. The van der Waals surface area contributed by atoms with Gasteiger partial charge in [-0.2, -0.15) is 0 Å². The summed E-state index contributed by atoms with van der Waals surface area (Å²) >= 11 is 15.6. The Morgan fingerprint density at radius 2 is 1.35 bits per heavy atom. The zero-order valence-electron chi connectivity index (χ0n) is 13.2. The van der Waals surface area contributed by atoms with Gasteiger partial charge in [-0.1, -0.05) is 69.5 Å². The molecule has 0 aliphatic carbocycles. The quantitative estimate of drug-likeness (QED) is 0.379. The Morgan fingerprint density at radius 1 is 0.808 bits per heavy atom. The molecule has 0 saturated carbocycles. The number of para-hydroxylation sites is 2. The van der Waals surface area contributed by atoms with E-state index in [0.29, 0.717) is 15.7 Å². The summed E-state index contributed by atoms with van der Waals surface area (Å²) in [6, 6.07) is 20.5. The van der Waals surface area contributed by atoms with Crippen LogP contribution in [0.5, 0.6) is 11.5 Å². The maximum atomic E-state index is 13.4. The predicted molar refractivity (Wildman–Crippen MR) is 110 cm³/mol. The van der Waals surface area contributed by atoms with E-state index in [1.807, 2.05) is 6.07 Å². The molecule has 8 heteroatoms. The minimum atomic E-state index is -3.90.